The number of hydrogen-bond acceptors (Lipinski definition) is 5. The summed E-state index contributed by atoms with van der Waals surface area (Å²) < 4.78 is 7.98. The second-order valence-corrected chi connectivity index (χ2v) is 5.98. The predicted octanol–water partition coefficient (Wildman–Crippen LogP) is 3.29. The van der Waals surface area contributed by atoms with Crippen molar-refractivity contribution in [3.63, 3.8) is 0 Å². The Morgan fingerprint density at radius 3 is 2.78 bits per heavy atom. The van der Waals surface area contributed by atoms with Crippen LogP contribution in [0.1, 0.15) is 11.3 Å². The number of aromatic nitrogens is 5. The molecule has 9 heteroatoms. The second-order valence-electron chi connectivity index (χ2n) is 4.74. The number of nitrogens with one attached hydrogen (secondary N) is 2. The molecule has 2 aromatic heterocycles. The van der Waals surface area contributed by atoms with Crippen molar-refractivity contribution in [1.82, 2.24) is 25.1 Å². The number of aromatic amines is 2. The molecule has 3 aromatic rings. The van der Waals surface area contributed by atoms with Gasteiger partial charge in [-0.25, -0.2) is 5.10 Å². The zero-order valence-electron chi connectivity index (χ0n) is 12.4. The molecule has 0 unspecified atom stereocenters. The summed E-state index contributed by atoms with van der Waals surface area (Å²) in [6.45, 7) is 1.92. The Morgan fingerprint density at radius 2 is 2.13 bits per heavy atom. The first-order valence-corrected chi connectivity index (χ1v) is 7.86. The summed E-state index contributed by atoms with van der Waals surface area (Å²) in [5.74, 6) is 1.30. The molecule has 7 nitrogen and oxygen atoms in total. The van der Waals surface area contributed by atoms with Crippen LogP contribution in [-0.2, 0) is 0 Å². The van der Waals surface area contributed by atoms with Crippen LogP contribution in [0.3, 0.4) is 0 Å². The Bertz CT molecular complexity index is 925. The molecule has 118 valence electrons. The third-order valence-electron chi connectivity index (χ3n) is 3.08. The summed E-state index contributed by atoms with van der Waals surface area (Å²) in [5, 5.41) is 18.4. The van der Waals surface area contributed by atoms with Crippen molar-refractivity contribution in [3.8, 4) is 17.3 Å². The lowest BCUT2D eigenvalue weighted by Crippen LogP contribution is -1.95. The molecule has 0 fully saturated rings. The second kappa shape index (κ2) is 6.47. The van der Waals surface area contributed by atoms with E-state index >= 15 is 0 Å². The van der Waals surface area contributed by atoms with Crippen molar-refractivity contribution in [2.45, 2.75) is 6.92 Å². The van der Waals surface area contributed by atoms with Gasteiger partial charge in [-0.3, -0.25) is 5.10 Å². The van der Waals surface area contributed by atoms with E-state index in [2.05, 4.69) is 41.4 Å². The molecule has 2 heterocycles. The number of benzene rings is 1. The molecule has 23 heavy (non-hydrogen) atoms. The highest BCUT2D eigenvalue weighted by Gasteiger charge is 2.11. The first-order chi connectivity index (χ1) is 11.1. The van der Waals surface area contributed by atoms with E-state index in [0.717, 1.165) is 21.5 Å². The highest BCUT2D eigenvalue weighted by Crippen LogP contribution is 2.25. The first kappa shape index (κ1) is 15.6. The summed E-state index contributed by atoms with van der Waals surface area (Å²) in [7, 11) is 1.62. The van der Waals surface area contributed by atoms with Crippen molar-refractivity contribution >= 4 is 34.4 Å². The highest BCUT2D eigenvalue weighted by atomic mass is 79.9. The fraction of sp³-hybridized carbons (Fsp3) is 0.143. The molecule has 1 aromatic carbocycles. The standard InChI is InChI=1S/C14H13BrN6OS/c1-8-5-11(18-17-8)13-19-20-14(23)21(13)16-7-9-3-4-12(22-2)10(15)6-9/h3-7H,1-2H3,(H,17,18)(H,20,23)/b16-7-. The minimum Gasteiger partial charge on any atom is -0.496 e. The molecule has 0 amide bonds. The Balaban J connectivity index is 1.95. The van der Waals surface area contributed by atoms with E-state index in [1.54, 1.807) is 13.3 Å². The van der Waals surface area contributed by atoms with E-state index in [1.807, 2.05) is 31.2 Å². The minimum atomic E-state index is 0.393. The SMILES string of the molecule is COc1ccc(/C=N\n2c(-c3cc(C)[nH]n3)n[nH]c2=S)cc1Br. The summed E-state index contributed by atoms with van der Waals surface area (Å²) in [6, 6.07) is 7.54. The smallest absolute Gasteiger partial charge is 0.216 e. The van der Waals surface area contributed by atoms with Crippen molar-refractivity contribution in [1.29, 1.82) is 0 Å². The molecular formula is C14H13BrN6OS. The molecule has 0 radical (unpaired) electrons. The van der Waals surface area contributed by atoms with Gasteiger partial charge in [0.25, 0.3) is 0 Å². The van der Waals surface area contributed by atoms with Gasteiger partial charge in [-0.2, -0.15) is 20.0 Å². The van der Waals surface area contributed by atoms with Gasteiger partial charge < -0.3 is 4.74 Å². The first-order valence-electron chi connectivity index (χ1n) is 6.66. The maximum atomic E-state index is 5.22. The lowest BCUT2D eigenvalue weighted by Gasteiger charge is -2.03. The number of ether oxygens (including phenoxy) is 1. The number of H-pyrrole nitrogens is 2. The third kappa shape index (κ3) is 3.25. The largest absolute Gasteiger partial charge is 0.496 e. The van der Waals surface area contributed by atoms with Gasteiger partial charge in [0.15, 0.2) is 0 Å². The van der Waals surface area contributed by atoms with Crippen molar-refractivity contribution in [2.75, 3.05) is 7.11 Å². The number of hydrogen-bond donors (Lipinski definition) is 2. The quantitative estimate of drug-likeness (QED) is 0.526. The topological polar surface area (TPSA) is 83.9 Å². The Morgan fingerprint density at radius 1 is 1.30 bits per heavy atom. The molecule has 0 saturated carbocycles. The van der Waals surface area contributed by atoms with E-state index in [9.17, 15) is 0 Å². The monoisotopic (exact) mass is 392 g/mol. The maximum Gasteiger partial charge on any atom is 0.216 e. The molecule has 0 atom stereocenters. The molecule has 2 N–H and O–H groups in total. The van der Waals surface area contributed by atoms with Gasteiger partial charge in [-0.1, -0.05) is 0 Å². The lowest BCUT2D eigenvalue weighted by molar-refractivity contribution is 0.412. The molecule has 0 spiro atoms. The molecular weight excluding hydrogens is 380 g/mol. The molecule has 0 bridgehead atoms. The molecule has 0 aliphatic carbocycles. The third-order valence-corrected chi connectivity index (χ3v) is 3.97. The molecule has 3 rings (SSSR count). The summed E-state index contributed by atoms with van der Waals surface area (Å²) >= 11 is 8.67. The predicted molar refractivity (Wildman–Crippen MR) is 93.4 cm³/mol. The lowest BCUT2D eigenvalue weighted by atomic mass is 10.2. The van der Waals surface area contributed by atoms with Crippen LogP contribution in [0.4, 0.5) is 0 Å². The average molecular weight is 393 g/mol. The Hall–Kier alpha value is -2.26. The van der Waals surface area contributed by atoms with Crippen molar-refractivity contribution in [2.24, 2.45) is 5.10 Å². The van der Waals surface area contributed by atoms with Gasteiger partial charge in [0, 0.05) is 5.69 Å². The zero-order chi connectivity index (χ0) is 16.4. The Kier molecular flexibility index (Phi) is 4.39. The normalized spacial score (nSPS) is 11.3. The number of methoxy groups -OCH3 is 1. The van der Waals surface area contributed by atoms with Gasteiger partial charge in [0.1, 0.15) is 11.4 Å². The van der Waals surface area contributed by atoms with Gasteiger partial charge in [0.05, 0.1) is 17.8 Å². The van der Waals surface area contributed by atoms with Gasteiger partial charge in [-0.05, 0) is 64.9 Å². The number of halogens is 1. The summed E-state index contributed by atoms with van der Waals surface area (Å²) in [5.41, 5.74) is 2.50. The molecule has 0 aliphatic heterocycles. The molecule has 0 aliphatic rings. The summed E-state index contributed by atoms with van der Waals surface area (Å²) in [4.78, 5) is 0. The van der Waals surface area contributed by atoms with Gasteiger partial charge in [0.2, 0.25) is 10.6 Å². The van der Waals surface area contributed by atoms with Crippen molar-refractivity contribution in [3.05, 3.63) is 44.8 Å². The van der Waals surface area contributed by atoms with E-state index in [1.165, 1.54) is 4.68 Å². The average Bonchev–Trinajstić information content (AvgIpc) is 3.11. The molecule has 0 saturated heterocycles. The minimum absolute atomic E-state index is 0.393. The fourth-order valence-electron chi connectivity index (χ4n) is 1.98. The van der Waals surface area contributed by atoms with Crippen LogP contribution in [0.25, 0.3) is 11.5 Å². The summed E-state index contributed by atoms with van der Waals surface area (Å²) in [6.07, 6.45) is 1.69. The zero-order valence-corrected chi connectivity index (χ0v) is 14.8. The van der Waals surface area contributed by atoms with Crippen LogP contribution in [-0.4, -0.2) is 38.4 Å². The van der Waals surface area contributed by atoms with Crippen LogP contribution in [0.5, 0.6) is 5.75 Å². The van der Waals surface area contributed by atoms with Crippen LogP contribution in [0.2, 0.25) is 0 Å². The van der Waals surface area contributed by atoms with Crippen molar-refractivity contribution < 1.29 is 4.74 Å². The van der Waals surface area contributed by atoms with Gasteiger partial charge >= 0.3 is 0 Å². The van der Waals surface area contributed by atoms with Crippen LogP contribution < -0.4 is 4.74 Å². The van der Waals surface area contributed by atoms with Crippen LogP contribution in [0.15, 0.2) is 33.8 Å². The van der Waals surface area contributed by atoms with Crippen LogP contribution in [0, 0.1) is 11.7 Å². The van der Waals surface area contributed by atoms with E-state index in [-0.39, 0.29) is 0 Å². The Labute approximate surface area is 145 Å². The number of nitrogens with zero attached hydrogens (tertiary/aromatic N) is 4. The highest BCUT2D eigenvalue weighted by molar-refractivity contribution is 9.10. The number of aryl methyl sites for hydroxylation is 1. The van der Waals surface area contributed by atoms with E-state index in [4.69, 9.17) is 17.0 Å². The number of rotatable bonds is 4. The van der Waals surface area contributed by atoms with E-state index < -0.39 is 0 Å². The van der Waals surface area contributed by atoms with Gasteiger partial charge in [-0.15, -0.1) is 0 Å². The maximum absolute atomic E-state index is 5.22. The van der Waals surface area contributed by atoms with E-state index in [0.29, 0.717) is 16.3 Å². The van der Waals surface area contributed by atoms with Crippen LogP contribution >= 0.6 is 28.1 Å². The fourth-order valence-corrected chi connectivity index (χ4v) is 2.72.